The number of aryl methyl sites for hydroxylation is 2. The van der Waals surface area contributed by atoms with Gasteiger partial charge >= 0.3 is 0 Å². The van der Waals surface area contributed by atoms with Gasteiger partial charge in [-0.15, -0.1) is 10.2 Å². The van der Waals surface area contributed by atoms with Gasteiger partial charge in [0.25, 0.3) is 5.91 Å². The zero-order valence-electron chi connectivity index (χ0n) is 19.0. The molecule has 3 aromatic heterocycles. The molecule has 176 valence electrons. The molecule has 1 atom stereocenters. The molecule has 0 saturated carbocycles. The molecule has 0 aliphatic carbocycles. The third kappa shape index (κ3) is 5.28. The van der Waals surface area contributed by atoms with Crippen molar-refractivity contribution >= 4 is 40.0 Å². The van der Waals surface area contributed by atoms with E-state index < -0.39 is 0 Å². The van der Waals surface area contributed by atoms with Crippen LogP contribution < -0.4 is 5.32 Å². The Kier molecular flexibility index (Phi) is 7.15. The van der Waals surface area contributed by atoms with Gasteiger partial charge < -0.3 is 19.4 Å². The molecule has 1 N–H and O–H groups in total. The summed E-state index contributed by atoms with van der Waals surface area (Å²) in [7, 11) is 3.37. The van der Waals surface area contributed by atoms with Crippen LogP contribution >= 0.6 is 23.1 Å². The Morgan fingerprint density at radius 2 is 2.15 bits per heavy atom. The molecule has 0 spiro atoms. The molecule has 0 aromatic carbocycles. The van der Waals surface area contributed by atoms with Gasteiger partial charge in [0.2, 0.25) is 5.91 Å². The van der Waals surface area contributed by atoms with E-state index in [2.05, 4.69) is 20.5 Å². The Morgan fingerprint density at radius 1 is 1.33 bits per heavy atom. The molecule has 10 nitrogen and oxygen atoms in total. The quantitative estimate of drug-likeness (QED) is 0.479. The summed E-state index contributed by atoms with van der Waals surface area (Å²) in [6, 6.07) is 1.86. The number of anilines is 1. The molecule has 1 aliphatic rings. The van der Waals surface area contributed by atoms with E-state index in [0.717, 1.165) is 30.8 Å². The Balaban J connectivity index is 1.46. The van der Waals surface area contributed by atoms with Gasteiger partial charge in [-0.05, 0) is 32.8 Å². The van der Waals surface area contributed by atoms with Crippen LogP contribution in [0.4, 0.5) is 5.13 Å². The molecule has 1 saturated heterocycles. The van der Waals surface area contributed by atoms with Crippen LogP contribution in [0.15, 0.2) is 21.9 Å². The van der Waals surface area contributed by atoms with Crippen LogP contribution in [0, 0.1) is 13.8 Å². The summed E-state index contributed by atoms with van der Waals surface area (Å²) in [6.45, 7) is 5.00. The van der Waals surface area contributed by atoms with Crippen LogP contribution in [0.2, 0.25) is 0 Å². The second-order valence-corrected chi connectivity index (χ2v) is 9.85. The van der Waals surface area contributed by atoms with Crippen molar-refractivity contribution in [3.63, 3.8) is 0 Å². The molecule has 12 heteroatoms. The fourth-order valence-corrected chi connectivity index (χ4v) is 5.26. The summed E-state index contributed by atoms with van der Waals surface area (Å²) in [5.41, 5.74) is 1.46. The Labute approximate surface area is 199 Å². The first kappa shape index (κ1) is 23.5. The normalized spacial score (nSPS) is 15.7. The molecule has 0 bridgehead atoms. The topological polar surface area (TPSA) is 115 Å². The van der Waals surface area contributed by atoms with Crippen molar-refractivity contribution < 1.29 is 18.7 Å². The van der Waals surface area contributed by atoms with Crippen LogP contribution in [0.1, 0.15) is 34.0 Å². The average molecular weight is 491 g/mol. The summed E-state index contributed by atoms with van der Waals surface area (Å²) in [5, 5.41) is 12.5. The first-order valence-electron chi connectivity index (χ1n) is 10.5. The smallest absolute Gasteiger partial charge is 0.265 e. The number of carbonyl (C=O) groups is 2. The SMILES string of the molecule is Cc1nc(NC(=O)CSc2nnc(-c3ccoc3C)n2CC2CCCO2)sc1C(=O)N(C)C. The average Bonchev–Trinajstić information content (AvgIpc) is 3.55. The summed E-state index contributed by atoms with van der Waals surface area (Å²) in [4.78, 5) is 31.1. The Hall–Kier alpha value is -2.70. The van der Waals surface area contributed by atoms with Crippen molar-refractivity contribution in [2.24, 2.45) is 0 Å². The van der Waals surface area contributed by atoms with Crippen molar-refractivity contribution in [2.75, 3.05) is 31.8 Å². The molecular formula is C21H26N6O4S2. The third-order valence-electron chi connectivity index (χ3n) is 5.20. The lowest BCUT2D eigenvalue weighted by Gasteiger charge is -2.14. The van der Waals surface area contributed by atoms with Crippen LogP contribution in [0.3, 0.4) is 0 Å². The van der Waals surface area contributed by atoms with Crippen molar-refractivity contribution in [2.45, 2.75) is 44.5 Å². The number of thiazole rings is 1. The number of furan rings is 1. The van der Waals surface area contributed by atoms with Gasteiger partial charge in [0, 0.05) is 20.7 Å². The van der Waals surface area contributed by atoms with Crippen molar-refractivity contribution in [3.05, 3.63) is 28.7 Å². The Bertz CT molecular complexity index is 1150. The monoisotopic (exact) mass is 490 g/mol. The number of nitrogens with one attached hydrogen (secondary N) is 1. The third-order valence-corrected chi connectivity index (χ3v) is 7.23. The standard InChI is InChI=1S/C21H26N6O4S2/c1-12-17(19(29)26(3)4)33-20(22-12)23-16(28)11-32-21-25-24-18(15-7-9-30-13(15)2)27(21)10-14-6-5-8-31-14/h7,9,14H,5-6,8,10-11H2,1-4H3,(H,22,23,28). The molecule has 3 aromatic rings. The molecule has 2 amide bonds. The zero-order chi connectivity index (χ0) is 23.5. The number of aromatic nitrogens is 4. The number of hydrogen-bond donors (Lipinski definition) is 1. The lowest BCUT2D eigenvalue weighted by atomic mass is 10.2. The zero-order valence-corrected chi connectivity index (χ0v) is 20.6. The maximum absolute atomic E-state index is 12.6. The highest BCUT2D eigenvalue weighted by atomic mass is 32.2. The minimum atomic E-state index is -0.231. The predicted molar refractivity (Wildman–Crippen MR) is 126 cm³/mol. The fourth-order valence-electron chi connectivity index (χ4n) is 3.51. The van der Waals surface area contributed by atoms with E-state index >= 15 is 0 Å². The van der Waals surface area contributed by atoms with Crippen LogP contribution in [-0.2, 0) is 16.1 Å². The van der Waals surface area contributed by atoms with E-state index in [1.807, 2.05) is 17.6 Å². The number of rotatable bonds is 8. The van der Waals surface area contributed by atoms with Crippen LogP contribution in [-0.4, -0.2) is 69.0 Å². The van der Waals surface area contributed by atoms with Gasteiger partial charge in [0.1, 0.15) is 10.6 Å². The summed E-state index contributed by atoms with van der Waals surface area (Å²) in [6.07, 6.45) is 3.72. The Morgan fingerprint density at radius 3 is 2.82 bits per heavy atom. The van der Waals surface area contributed by atoms with E-state index in [1.165, 1.54) is 28.0 Å². The summed E-state index contributed by atoms with van der Waals surface area (Å²) < 4.78 is 13.2. The highest BCUT2D eigenvalue weighted by Gasteiger charge is 2.24. The highest BCUT2D eigenvalue weighted by molar-refractivity contribution is 7.99. The van der Waals surface area contributed by atoms with Crippen molar-refractivity contribution in [1.82, 2.24) is 24.6 Å². The number of hydrogen-bond acceptors (Lipinski definition) is 9. The van der Waals surface area contributed by atoms with E-state index in [-0.39, 0.29) is 23.7 Å². The molecule has 1 aliphatic heterocycles. The molecule has 1 fully saturated rings. The largest absolute Gasteiger partial charge is 0.469 e. The van der Waals surface area contributed by atoms with Crippen molar-refractivity contribution in [1.29, 1.82) is 0 Å². The van der Waals surface area contributed by atoms with E-state index in [0.29, 0.717) is 33.2 Å². The van der Waals surface area contributed by atoms with Gasteiger partial charge in [0.05, 0.1) is 35.9 Å². The first-order valence-corrected chi connectivity index (χ1v) is 12.3. The van der Waals surface area contributed by atoms with Crippen molar-refractivity contribution in [3.8, 4) is 11.4 Å². The minimum absolute atomic E-state index is 0.0890. The summed E-state index contributed by atoms with van der Waals surface area (Å²) in [5.74, 6) is 1.22. The number of thioether (sulfide) groups is 1. The van der Waals surface area contributed by atoms with Crippen LogP contribution in [0.25, 0.3) is 11.4 Å². The molecule has 4 rings (SSSR count). The molecule has 4 heterocycles. The molecular weight excluding hydrogens is 464 g/mol. The number of ether oxygens (including phenoxy) is 1. The van der Waals surface area contributed by atoms with Gasteiger partial charge in [-0.1, -0.05) is 23.1 Å². The molecule has 1 unspecified atom stereocenters. The maximum Gasteiger partial charge on any atom is 0.265 e. The molecule has 33 heavy (non-hydrogen) atoms. The van der Waals surface area contributed by atoms with E-state index in [4.69, 9.17) is 9.15 Å². The number of carbonyl (C=O) groups excluding carboxylic acids is 2. The number of amides is 2. The predicted octanol–water partition coefficient (Wildman–Crippen LogP) is 3.22. The fraction of sp³-hybridized carbons (Fsp3) is 0.476. The van der Waals surface area contributed by atoms with E-state index in [9.17, 15) is 9.59 Å². The lowest BCUT2D eigenvalue weighted by Crippen LogP contribution is -2.21. The number of nitrogens with zero attached hydrogens (tertiary/aromatic N) is 5. The van der Waals surface area contributed by atoms with Crippen LogP contribution in [0.5, 0.6) is 0 Å². The van der Waals surface area contributed by atoms with Gasteiger partial charge in [-0.2, -0.15) is 0 Å². The van der Waals surface area contributed by atoms with Gasteiger partial charge in [0.15, 0.2) is 16.1 Å². The second kappa shape index (κ2) is 10.1. The summed E-state index contributed by atoms with van der Waals surface area (Å²) >= 11 is 2.47. The van der Waals surface area contributed by atoms with Gasteiger partial charge in [-0.25, -0.2) is 4.98 Å². The lowest BCUT2D eigenvalue weighted by molar-refractivity contribution is -0.113. The van der Waals surface area contributed by atoms with Gasteiger partial charge in [-0.3, -0.25) is 14.2 Å². The molecule has 0 radical (unpaired) electrons. The first-order chi connectivity index (χ1) is 15.8. The minimum Gasteiger partial charge on any atom is -0.469 e. The maximum atomic E-state index is 12.6. The second-order valence-electron chi connectivity index (χ2n) is 7.91. The highest BCUT2D eigenvalue weighted by Crippen LogP contribution is 2.29. The van der Waals surface area contributed by atoms with E-state index in [1.54, 1.807) is 27.3 Å².